The molecule has 1 aliphatic heterocycles. The molecule has 2 atom stereocenters. The second-order valence-electron chi connectivity index (χ2n) is 5.24. The normalized spacial score (nSPS) is 21.0. The molecule has 0 bridgehead atoms. The van der Waals surface area contributed by atoms with E-state index in [1.165, 1.54) is 0 Å². The van der Waals surface area contributed by atoms with E-state index < -0.39 is 0 Å². The molecule has 2 unspecified atom stereocenters. The van der Waals surface area contributed by atoms with Gasteiger partial charge in [-0.3, -0.25) is 9.69 Å². The monoisotopic (exact) mass is 293 g/mol. The van der Waals surface area contributed by atoms with E-state index in [1.54, 1.807) is 0 Å². The number of morpholine rings is 1. The highest BCUT2D eigenvalue weighted by Gasteiger charge is 2.27. The number of rotatable bonds is 5. The molecule has 2 rings (SSSR count). The number of hydrogen-bond donors (Lipinski definition) is 3. The molecule has 1 aromatic rings. The van der Waals surface area contributed by atoms with Crippen LogP contribution in [0.4, 0.5) is 5.69 Å². The van der Waals surface area contributed by atoms with Gasteiger partial charge in [0.05, 0.1) is 25.4 Å². The van der Waals surface area contributed by atoms with Gasteiger partial charge in [-0.15, -0.1) is 0 Å². The zero-order valence-corrected chi connectivity index (χ0v) is 12.3. The van der Waals surface area contributed by atoms with Gasteiger partial charge in [0.1, 0.15) is 0 Å². The third-order valence-corrected chi connectivity index (χ3v) is 3.73. The van der Waals surface area contributed by atoms with Crippen molar-refractivity contribution in [2.45, 2.75) is 25.6 Å². The van der Waals surface area contributed by atoms with E-state index in [-0.39, 0.29) is 24.7 Å². The van der Waals surface area contributed by atoms with Crippen molar-refractivity contribution >= 4 is 11.6 Å². The van der Waals surface area contributed by atoms with Gasteiger partial charge in [-0.2, -0.15) is 0 Å². The van der Waals surface area contributed by atoms with E-state index in [2.05, 4.69) is 5.32 Å². The van der Waals surface area contributed by atoms with Gasteiger partial charge in [-0.1, -0.05) is 12.1 Å². The number of anilines is 1. The van der Waals surface area contributed by atoms with Gasteiger partial charge in [0, 0.05) is 25.3 Å². The standard InChI is InChI=1S/C15H23N3O3/c1-11(18-5-6-21-14(9-18)10-19)15(20)17-13-4-2-3-12(7-13)8-16/h2-4,7,11,14,19H,5-6,8-10,16H2,1H3,(H,17,20). The first-order valence-corrected chi connectivity index (χ1v) is 7.20. The molecule has 0 spiro atoms. The van der Waals surface area contributed by atoms with Gasteiger partial charge in [0.25, 0.3) is 0 Å². The fraction of sp³-hybridized carbons (Fsp3) is 0.533. The fourth-order valence-corrected chi connectivity index (χ4v) is 2.39. The SMILES string of the molecule is CC(C(=O)Nc1cccc(CN)c1)N1CCOC(CO)C1. The minimum absolute atomic E-state index is 0.0244. The Morgan fingerprint density at radius 1 is 1.62 bits per heavy atom. The third-order valence-electron chi connectivity index (χ3n) is 3.73. The van der Waals surface area contributed by atoms with Crippen molar-refractivity contribution in [1.29, 1.82) is 0 Å². The van der Waals surface area contributed by atoms with Crippen LogP contribution in [0.2, 0.25) is 0 Å². The summed E-state index contributed by atoms with van der Waals surface area (Å²) in [6.07, 6.45) is -0.213. The van der Waals surface area contributed by atoms with E-state index >= 15 is 0 Å². The summed E-state index contributed by atoms with van der Waals surface area (Å²) < 4.78 is 5.40. The van der Waals surface area contributed by atoms with Crippen LogP contribution in [0, 0.1) is 0 Å². The zero-order valence-electron chi connectivity index (χ0n) is 12.3. The van der Waals surface area contributed by atoms with E-state index in [9.17, 15) is 4.79 Å². The van der Waals surface area contributed by atoms with E-state index in [1.807, 2.05) is 36.1 Å². The minimum Gasteiger partial charge on any atom is -0.394 e. The van der Waals surface area contributed by atoms with Gasteiger partial charge in [0.2, 0.25) is 5.91 Å². The number of carbonyl (C=O) groups is 1. The molecule has 0 saturated carbocycles. The highest BCUT2D eigenvalue weighted by molar-refractivity contribution is 5.94. The highest BCUT2D eigenvalue weighted by Crippen LogP contribution is 2.13. The summed E-state index contributed by atoms with van der Waals surface area (Å²) in [5, 5.41) is 12.1. The summed E-state index contributed by atoms with van der Waals surface area (Å²) >= 11 is 0. The van der Waals surface area contributed by atoms with Gasteiger partial charge in [0.15, 0.2) is 0 Å². The molecule has 6 heteroatoms. The summed E-state index contributed by atoms with van der Waals surface area (Å²) in [5.41, 5.74) is 7.33. The summed E-state index contributed by atoms with van der Waals surface area (Å²) in [6, 6.07) is 7.25. The van der Waals surface area contributed by atoms with E-state index in [0.717, 1.165) is 11.3 Å². The van der Waals surface area contributed by atoms with Crippen molar-refractivity contribution in [3.8, 4) is 0 Å². The summed E-state index contributed by atoms with van der Waals surface area (Å²) in [6.45, 7) is 4.07. The predicted octanol–water partition coefficient (Wildman–Crippen LogP) is 0.165. The Bertz CT molecular complexity index is 481. The number of nitrogens with zero attached hydrogens (tertiary/aromatic N) is 1. The number of hydrogen-bond acceptors (Lipinski definition) is 5. The van der Waals surface area contributed by atoms with Gasteiger partial charge in [-0.05, 0) is 24.6 Å². The number of nitrogens with two attached hydrogens (primary N) is 1. The molecule has 0 aliphatic carbocycles. The number of ether oxygens (including phenoxy) is 1. The van der Waals surface area contributed by atoms with Crippen molar-refractivity contribution < 1.29 is 14.6 Å². The van der Waals surface area contributed by atoms with Gasteiger partial charge < -0.3 is 20.9 Å². The first-order chi connectivity index (χ1) is 10.1. The average Bonchev–Trinajstić information content (AvgIpc) is 2.54. The number of carbonyl (C=O) groups excluding carboxylic acids is 1. The van der Waals surface area contributed by atoms with Gasteiger partial charge >= 0.3 is 0 Å². The Morgan fingerprint density at radius 3 is 3.14 bits per heavy atom. The lowest BCUT2D eigenvalue weighted by atomic mass is 10.1. The second-order valence-corrected chi connectivity index (χ2v) is 5.24. The van der Waals surface area contributed by atoms with Crippen LogP contribution < -0.4 is 11.1 Å². The molecule has 116 valence electrons. The lowest BCUT2D eigenvalue weighted by molar-refractivity contribution is -0.125. The second kappa shape index (κ2) is 7.51. The first kappa shape index (κ1) is 15.9. The smallest absolute Gasteiger partial charge is 0.241 e. The minimum atomic E-state index is -0.274. The molecule has 21 heavy (non-hydrogen) atoms. The van der Waals surface area contributed by atoms with Crippen molar-refractivity contribution in [2.24, 2.45) is 5.73 Å². The van der Waals surface area contributed by atoms with E-state index in [4.69, 9.17) is 15.6 Å². The van der Waals surface area contributed by atoms with Crippen LogP contribution in [0.15, 0.2) is 24.3 Å². The Labute approximate surface area is 124 Å². The molecular formula is C15H23N3O3. The molecule has 1 amide bonds. The Kier molecular flexibility index (Phi) is 5.69. The molecule has 0 aromatic heterocycles. The largest absolute Gasteiger partial charge is 0.394 e. The zero-order chi connectivity index (χ0) is 15.2. The average molecular weight is 293 g/mol. The molecule has 4 N–H and O–H groups in total. The van der Waals surface area contributed by atoms with Crippen molar-refractivity contribution in [1.82, 2.24) is 4.90 Å². The van der Waals surface area contributed by atoms with Crippen molar-refractivity contribution in [3.05, 3.63) is 29.8 Å². The number of aliphatic hydroxyl groups is 1. The topological polar surface area (TPSA) is 87.8 Å². The maximum atomic E-state index is 12.3. The van der Waals surface area contributed by atoms with Gasteiger partial charge in [-0.25, -0.2) is 0 Å². The molecule has 1 fully saturated rings. The first-order valence-electron chi connectivity index (χ1n) is 7.20. The summed E-state index contributed by atoms with van der Waals surface area (Å²) in [5.74, 6) is -0.0669. The van der Waals surface area contributed by atoms with Crippen molar-refractivity contribution in [2.75, 3.05) is 31.6 Å². The van der Waals surface area contributed by atoms with Crippen LogP contribution in [-0.4, -0.2) is 54.4 Å². The highest BCUT2D eigenvalue weighted by atomic mass is 16.5. The maximum absolute atomic E-state index is 12.3. The lowest BCUT2D eigenvalue weighted by Gasteiger charge is -2.35. The van der Waals surface area contributed by atoms with E-state index in [0.29, 0.717) is 26.2 Å². The number of nitrogens with one attached hydrogen (secondary N) is 1. The summed E-state index contributed by atoms with van der Waals surface area (Å²) in [4.78, 5) is 14.3. The van der Waals surface area contributed by atoms with Crippen LogP contribution in [0.25, 0.3) is 0 Å². The molecule has 0 radical (unpaired) electrons. The Balaban J connectivity index is 1.95. The molecule has 6 nitrogen and oxygen atoms in total. The van der Waals surface area contributed by atoms with Crippen molar-refractivity contribution in [3.63, 3.8) is 0 Å². The molecule has 1 saturated heterocycles. The lowest BCUT2D eigenvalue weighted by Crippen LogP contribution is -2.51. The molecule has 1 aliphatic rings. The van der Waals surface area contributed by atoms with Crippen LogP contribution in [0.1, 0.15) is 12.5 Å². The van der Waals surface area contributed by atoms with Crippen LogP contribution in [0.3, 0.4) is 0 Å². The number of aliphatic hydroxyl groups excluding tert-OH is 1. The molecular weight excluding hydrogens is 270 g/mol. The number of amides is 1. The Morgan fingerprint density at radius 2 is 2.43 bits per heavy atom. The van der Waals surface area contributed by atoms with Crippen LogP contribution in [-0.2, 0) is 16.1 Å². The predicted molar refractivity (Wildman–Crippen MR) is 80.8 cm³/mol. The molecule has 1 aromatic carbocycles. The number of benzene rings is 1. The third kappa shape index (κ3) is 4.25. The summed E-state index contributed by atoms with van der Waals surface area (Å²) in [7, 11) is 0. The Hall–Kier alpha value is -1.47. The van der Waals surface area contributed by atoms with Crippen LogP contribution >= 0.6 is 0 Å². The van der Waals surface area contributed by atoms with Crippen LogP contribution in [0.5, 0.6) is 0 Å². The maximum Gasteiger partial charge on any atom is 0.241 e. The fourth-order valence-electron chi connectivity index (χ4n) is 2.39. The quantitative estimate of drug-likeness (QED) is 0.720. The molecule has 1 heterocycles.